The van der Waals surface area contributed by atoms with E-state index in [1.165, 1.54) is 0 Å². The van der Waals surface area contributed by atoms with E-state index in [2.05, 4.69) is 4.18 Å². The molecular formula is C18H14FNO7S. The van der Waals surface area contributed by atoms with Gasteiger partial charge in [-0.1, -0.05) is 36.3 Å². The summed E-state index contributed by atoms with van der Waals surface area (Å²) >= 11 is 0. The van der Waals surface area contributed by atoms with Gasteiger partial charge in [-0.15, -0.1) is 0 Å². The van der Waals surface area contributed by atoms with E-state index in [9.17, 15) is 22.4 Å². The lowest BCUT2D eigenvalue weighted by molar-refractivity contribution is -0.123. The minimum atomic E-state index is -5.72. The van der Waals surface area contributed by atoms with Gasteiger partial charge in [0, 0.05) is 5.56 Å². The van der Waals surface area contributed by atoms with Crippen molar-refractivity contribution in [3.8, 4) is 0 Å². The van der Waals surface area contributed by atoms with Crippen molar-refractivity contribution in [2.45, 2.75) is 11.8 Å². The molecule has 146 valence electrons. The quantitative estimate of drug-likeness (QED) is 0.683. The van der Waals surface area contributed by atoms with Gasteiger partial charge in [-0.2, -0.15) is 8.42 Å². The van der Waals surface area contributed by atoms with Crippen LogP contribution in [0.3, 0.4) is 0 Å². The lowest BCUT2D eigenvalue weighted by Crippen LogP contribution is -2.16. The van der Waals surface area contributed by atoms with Crippen LogP contribution in [-0.4, -0.2) is 25.3 Å². The molecule has 3 N–H and O–H groups in total. The number of carboxylic acids is 1. The molecule has 3 rings (SSSR count). The number of carbonyl (C=O) groups is 2. The molecule has 0 saturated carbocycles. The van der Waals surface area contributed by atoms with Crippen LogP contribution in [0.4, 0.5) is 4.39 Å². The maximum Gasteiger partial charge on any atom is 0.338 e. The predicted molar refractivity (Wildman–Crippen MR) is 93.6 cm³/mol. The third kappa shape index (κ3) is 3.96. The van der Waals surface area contributed by atoms with Crippen molar-refractivity contribution in [1.29, 1.82) is 0 Å². The Morgan fingerprint density at radius 2 is 2.07 bits per heavy atom. The summed E-state index contributed by atoms with van der Waals surface area (Å²) in [5.41, 5.74) is -1.10. The van der Waals surface area contributed by atoms with Gasteiger partial charge >= 0.3 is 16.1 Å². The molecule has 0 radical (unpaired) electrons. The topological polar surface area (TPSA) is 133 Å². The van der Waals surface area contributed by atoms with Crippen LogP contribution in [0.2, 0.25) is 0 Å². The standard InChI is InChI=1S/C18H14FNO7S/c19-13-8-11(6-7-12(13)18(22)23)15-14(21)16(17(20)26-15)27-28(24,25)9-10-4-2-1-3-5-10/h1-8,15H,9,20H2,(H,22,23)/t15-/m1/s1/i1D,2D,3D,4D,5D,9D2,15D. The summed E-state index contributed by atoms with van der Waals surface area (Å²) in [6, 6.07) is -3.39. The van der Waals surface area contributed by atoms with Crippen LogP contribution >= 0.6 is 0 Å². The largest absolute Gasteiger partial charge is 0.478 e. The third-order valence-electron chi connectivity index (χ3n) is 3.23. The molecule has 2 aromatic rings. The summed E-state index contributed by atoms with van der Waals surface area (Å²) in [5, 5.41) is 8.91. The van der Waals surface area contributed by atoms with Crippen LogP contribution in [0.1, 0.15) is 38.5 Å². The Morgan fingerprint density at radius 1 is 1.39 bits per heavy atom. The van der Waals surface area contributed by atoms with E-state index in [1.807, 2.05) is 0 Å². The van der Waals surface area contributed by atoms with E-state index in [0.717, 1.165) is 6.07 Å². The fourth-order valence-electron chi connectivity index (χ4n) is 2.07. The highest BCUT2D eigenvalue weighted by atomic mass is 32.2. The first-order valence-electron chi connectivity index (χ1n) is 11.2. The Bertz CT molecular complexity index is 1450. The summed E-state index contributed by atoms with van der Waals surface area (Å²) in [4.78, 5) is 23.8. The predicted octanol–water partition coefficient (Wildman–Crippen LogP) is 1.84. The number of benzene rings is 2. The van der Waals surface area contributed by atoms with E-state index in [4.69, 9.17) is 26.5 Å². The second-order valence-electron chi connectivity index (χ2n) is 5.09. The molecule has 1 heterocycles. The molecule has 1 aliphatic heterocycles. The Hall–Kier alpha value is -3.40. The number of hydrogen-bond donors (Lipinski definition) is 2. The molecule has 0 aromatic heterocycles. The summed E-state index contributed by atoms with van der Waals surface area (Å²) in [6.07, 6.45) is -2.95. The molecule has 10 heteroatoms. The van der Waals surface area contributed by atoms with E-state index in [1.54, 1.807) is 0 Å². The van der Waals surface area contributed by atoms with Crippen LogP contribution in [0.15, 0.2) is 60.1 Å². The number of hydrogen-bond acceptors (Lipinski definition) is 7. The summed E-state index contributed by atoms with van der Waals surface area (Å²) in [7, 11) is -5.72. The zero-order chi connectivity index (χ0) is 27.5. The maximum atomic E-state index is 14.1. The molecule has 8 nitrogen and oxygen atoms in total. The number of aromatic carboxylic acids is 1. The smallest absolute Gasteiger partial charge is 0.338 e. The number of Topliss-reactive ketones (excluding diaryl/α,β-unsaturated/α-hetero) is 1. The van der Waals surface area contributed by atoms with E-state index in [0.29, 0.717) is 12.1 Å². The molecule has 0 saturated heterocycles. The van der Waals surface area contributed by atoms with Crippen LogP contribution in [0.25, 0.3) is 0 Å². The van der Waals surface area contributed by atoms with Crippen LogP contribution in [-0.2, 0) is 29.5 Å². The van der Waals surface area contributed by atoms with Gasteiger partial charge in [0.25, 0.3) is 0 Å². The van der Waals surface area contributed by atoms with Gasteiger partial charge in [-0.05, 0) is 17.7 Å². The molecule has 0 fully saturated rings. The summed E-state index contributed by atoms with van der Waals surface area (Å²) < 4.78 is 112. The van der Waals surface area contributed by atoms with Gasteiger partial charge in [0.05, 0.1) is 16.5 Å². The molecule has 0 amide bonds. The third-order valence-corrected chi connectivity index (χ3v) is 4.07. The number of nitrogens with two attached hydrogens (primary N) is 1. The monoisotopic (exact) mass is 415 g/mol. The van der Waals surface area contributed by atoms with Gasteiger partial charge in [0.15, 0.2) is 6.08 Å². The molecule has 28 heavy (non-hydrogen) atoms. The SMILES string of the molecule is [2H]c1c([2H])c([2H])c(C([2H])([2H])S(=O)(=O)OC2=C(N)O[C@]([2H])(c3ccc(C(=O)O)c(F)c3)C2=O)c([2H])c1[2H]. The number of ketones is 1. The maximum absolute atomic E-state index is 14.1. The normalized spacial score (nSPS) is 24.0. The molecule has 2 aromatic carbocycles. The molecular weight excluding hydrogens is 393 g/mol. The van der Waals surface area contributed by atoms with Crippen LogP contribution in [0, 0.1) is 5.82 Å². The number of carbonyl (C=O) groups excluding carboxylic acids is 1. The van der Waals surface area contributed by atoms with Crippen molar-refractivity contribution < 1.29 is 47.4 Å². The van der Waals surface area contributed by atoms with Crippen LogP contribution < -0.4 is 5.73 Å². The highest BCUT2D eigenvalue weighted by molar-refractivity contribution is 7.86. The second kappa shape index (κ2) is 7.31. The molecule has 0 bridgehead atoms. The molecule has 1 aliphatic rings. The van der Waals surface area contributed by atoms with Crippen molar-refractivity contribution in [1.82, 2.24) is 0 Å². The highest BCUT2D eigenvalue weighted by Gasteiger charge is 2.40. The molecule has 0 aliphatic carbocycles. The molecule has 0 spiro atoms. The minimum absolute atomic E-state index is 0.463. The molecule has 0 unspecified atom stereocenters. The van der Waals surface area contributed by atoms with Crippen molar-refractivity contribution in [2.24, 2.45) is 5.73 Å². The minimum Gasteiger partial charge on any atom is -0.478 e. The average molecular weight is 415 g/mol. The second-order valence-corrected chi connectivity index (χ2v) is 6.37. The van der Waals surface area contributed by atoms with Crippen LogP contribution in [0.5, 0.6) is 0 Å². The Morgan fingerprint density at radius 3 is 2.68 bits per heavy atom. The zero-order valence-corrected chi connectivity index (χ0v) is 14.3. The van der Waals surface area contributed by atoms with Gasteiger partial charge < -0.3 is 19.8 Å². The van der Waals surface area contributed by atoms with E-state index >= 15 is 0 Å². The highest BCUT2D eigenvalue weighted by Crippen LogP contribution is 2.33. The van der Waals surface area contributed by atoms with E-state index in [-0.39, 0.29) is 0 Å². The Balaban J connectivity index is 2.04. The van der Waals surface area contributed by atoms with Gasteiger partial charge in [0.2, 0.25) is 17.4 Å². The average Bonchev–Trinajstić information content (AvgIpc) is 2.99. The lowest BCUT2D eigenvalue weighted by atomic mass is 10.0. The van der Waals surface area contributed by atoms with E-state index < -0.39 is 98.0 Å². The number of carboxylic acid groups (broad SMARTS) is 1. The van der Waals surface area contributed by atoms with Crippen molar-refractivity contribution in [3.63, 3.8) is 0 Å². The number of halogens is 1. The zero-order valence-electron chi connectivity index (χ0n) is 21.5. The number of ether oxygens (including phenoxy) is 1. The van der Waals surface area contributed by atoms with Crippen molar-refractivity contribution >= 4 is 21.9 Å². The Labute approximate surface area is 170 Å². The summed E-state index contributed by atoms with van der Waals surface area (Å²) in [5.74, 6) is -7.18. The fraction of sp³-hybridized carbons (Fsp3) is 0.111. The first-order chi connectivity index (χ1) is 16.4. The van der Waals surface area contributed by atoms with Gasteiger partial charge in [-0.25, -0.2) is 9.18 Å². The lowest BCUT2D eigenvalue weighted by Gasteiger charge is -2.11. The number of rotatable bonds is 6. The van der Waals surface area contributed by atoms with Gasteiger partial charge in [-0.3, -0.25) is 4.79 Å². The van der Waals surface area contributed by atoms with Crippen molar-refractivity contribution in [2.75, 3.05) is 0 Å². The first-order valence-corrected chi connectivity index (χ1v) is 8.57. The Kier molecular flexibility index (Phi) is 2.99. The van der Waals surface area contributed by atoms with Crippen molar-refractivity contribution in [3.05, 3.63) is 82.6 Å². The fourth-order valence-corrected chi connectivity index (χ4v) is 2.84. The van der Waals surface area contributed by atoms with Gasteiger partial charge in [0.1, 0.15) is 11.5 Å². The molecule has 1 atom stereocenters. The summed E-state index contributed by atoms with van der Waals surface area (Å²) in [6.45, 7) is 0. The first kappa shape index (κ1) is 11.4.